The van der Waals surface area contributed by atoms with Gasteiger partial charge in [0.25, 0.3) is 0 Å². The molecule has 0 aliphatic carbocycles. The summed E-state index contributed by atoms with van der Waals surface area (Å²) in [5.41, 5.74) is 2.20. The summed E-state index contributed by atoms with van der Waals surface area (Å²) in [6.07, 6.45) is 3.25. The first kappa shape index (κ1) is 13.2. The van der Waals surface area contributed by atoms with Crippen LogP contribution < -0.4 is 0 Å². The molecule has 0 N–H and O–H groups in total. The molecular weight excluding hydrogens is 273 g/mol. The van der Waals surface area contributed by atoms with E-state index < -0.39 is 11.9 Å². The van der Waals surface area contributed by atoms with E-state index in [0.717, 1.165) is 0 Å². The van der Waals surface area contributed by atoms with Crippen molar-refractivity contribution in [3.63, 3.8) is 0 Å². The van der Waals surface area contributed by atoms with Crippen molar-refractivity contribution in [1.29, 1.82) is 0 Å². The third kappa shape index (κ3) is 2.47. The van der Waals surface area contributed by atoms with E-state index >= 15 is 0 Å². The monoisotopic (exact) mass is 285 g/mol. The lowest BCUT2D eigenvalue weighted by molar-refractivity contribution is 0.0526. The van der Waals surface area contributed by atoms with Gasteiger partial charge in [0.15, 0.2) is 0 Å². The Morgan fingerprint density at radius 2 is 2.24 bits per heavy atom. The first-order valence-electron chi connectivity index (χ1n) is 6.46. The van der Waals surface area contributed by atoms with Gasteiger partial charge in [0, 0.05) is 11.8 Å². The predicted octanol–water partition coefficient (Wildman–Crippen LogP) is 2.71. The van der Waals surface area contributed by atoms with Gasteiger partial charge in [0.1, 0.15) is 0 Å². The smallest absolute Gasteiger partial charge is 0.338 e. The number of esters is 1. The van der Waals surface area contributed by atoms with E-state index in [-0.39, 0.29) is 0 Å². The van der Waals surface area contributed by atoms with Crippen LogP contribution in [0, 0.1) is 5.95 Å². The zero-order valence-electron chi connectivity index (χ0n) is 11.3. The maximum absolute atomic E-state index is 13.3. The largest absolute Gasteiger partial charge is 0.462 e. The highest BCUT2D eigenvalue weighted by Gasteiger charge is 2.12. The average molecular weight is 285 g/mol. The molecule has 0 radical (unpaired) electrons. The van der Waals surface area contributed by atoms with Gasteiger partial charge in [-0.3, -0.25) is 0 Å². The maximum Gasteiger partial charge on any atom is 0.338 e. The molecule has 3 heterocycles. The van der Waals surface area contributed by atoms with Crippen LogP contribution >= 0.6 is 0 Å². The second-order valence-corrected chi connectivity index (χ2v) is 4.37. The maximum atomic E-state index is 13.3. The Morgan fingerprint density at radius 3 is 3.00 bits per heavy atom. The van der Waals surface area contributed by atoms with Crippen LogP contribution in [0.2, 0.25) is 0 Å². The Labute approximate surface area is 120 Å². The second kappa shape index (κ2) is 5.32. The van der Waals surface area contributed by atoms with E-state index in [2.05, 4.69) is 10.1 Å². The van der Waals surface area contributed by atoms with E-state index in [9.17, 15) is 9.18 Å². The van der Waals surface area contributed by atoms with Crippen LogP contribution in [0.3, 0.4) is 0 Å². The van der Waals surface area contributed by atoms with Crippen LogP contribution in [-0.4, -0.2) is 27.2 Å². The van der Waals surface area contributed by atoms with Crippen molar-refractivity contribution in [2.45, 2.75) is 6.92 Å². The molecule has 0 aromatic carbocycles. The molecule has 0 spiro atoms. The van der Waals surface area contributed by atoms with Crippen LogP contribution in [0.15, 0.2) is 42.7 Å². The summed E-state index contributed by atoms with van der Waals surface area (Å²) < 4.78 is 19.8. The lowest BCUT2D eigenvalue weighted by Crippen LogP contribution is -2.05. The third-order valence-corrected chi connectivity index (χ3v) is 3.02. The molecule has 106 valence electrons. The van der Waals surface area contributed by atoms with Crippen LogP contribution in [-0.2, 0) is 4.74 Å². The van der Waals surface area contributed by atoms with Crippen LogP contribution in [0.4, 0.5) is 4.39 Å². The fourth-order valence-electron chi connectivity index (χ4n) is 2.08. The summed E-state index contributed by atoms with van der Waals surface area (Å²) in [6.45, 7) is 2.05. The Bertz CT molecular complexity index is 814. The fraction of sp³-hybridized carbons (Fsp3) is 0.133. The van der Waals surface area contributed by atoms with Crippen molar-refractivity contribution in [3.05, 3.63) is 54.2 Å². The van der Waals surface area contributed by atoms with Crippen molar-refractivity contribution in [1.82, 2.24) is 14.6 Å². The molecule has 0 bridgehead atoms. The normalized spacial score (nSPS) is 10.8. The SMILES string of the molecule is CCOC(=O)c1ccn2ncc(-c3cccc(F)n3)c2c1. The molecule has 0 amide bonds. The molecule has 0 saturated heterocycles. The van der Waals surface area contributed by atoms with E-state index in [1.165, 1.54) is 6.07 Å². The Balaban J connectivity index is 2.12. The molecule has 21 heavy (non-hydrogen) atoms. The molecule has 0 saturated carbocycles. The zero-order valence-corrected chi connectivity index (χ0v) is 11.3. The highest BCUT2D eigenvalue weighted by Crippen LogP contribution is 2.23. The molecule has 5 nitrogen and oxygen atoms in total. The number of hydrogen-bond donors (Lipinski definition) is 0. The van der Waals surface area contributed by atoms with E-state index in [1.807, 2.05) is 0 Å². The number of nitrogens with zero attached hydrogens (tertiary/aromatic N) is 3. The van der Waals surface area contributed by atoms with Crippen molar-refractivity contribution >= 4 is 11.5 Å². The Kier molecular flexibility index (Phi) is 3.35. The number of aromatic nitrogens is 3. The molecule has 0 aliphatic heterocycles. The molecule has 0 atom stereocenters. The molecule has 0 fully saturated rings. The summed E-state index contributed by atoms with van der Waals surface area (Å²) in [7, 11) is 0. The molecule has 3 rings (SSSR count). The molecule has 3 aromatic heterocycles. The number of fused-ring (bicyclic) bond motifs is 1. The molecule has 3 aromatic rings. The van der Waals surface area contributed by atoms with Gasteiger partial charge in [-0.25, -0.2) is 14.3 Å². The van der Waals surface area contributed by atoms with E-state index in [4.69, 9.17) is 4.74 Å². The van der Waals surface area contributed by atoms with Crippen molar-refractivity contribution in [2.75, 3.05) is 6.61 Å². The van der Waals surface area contributed by atoms with Gasteiger partial charge in [-0.05, 0) is 31.2 Å². The van der Waals surface area contributed by atoms with Crippen molar-refractivity contribution < 1.29 is 13.9 Å². The van der Waals surface area contributed by atoms with Crippen molar-refractivity contribution in [3.8, 4) is 11.3 Å². The highest BCUT2D eigenvalue weighted by molar-refractivity contribution is 5.92. The van der Waals surface area contributed by atoms with Crippen LogP contribution in [0.5, 0.6) is 0 Å². The first-order valence-corrected chi connectivity index (χ1v) is 6.46. The van der Waals surface area contributed by atoms with Crippen molar-refractivity contribution in [2.24, 2.45) is 0 Å². The van der Waals surface area contributed by atoms with Gasteiger partial charge in [0.05, 0.1) is 29.6 Å². The topological polar surface area (TPSA) is 56.5 Å². The summed E-state index contributed by atoms with van der Waals surface area (Å²) in [5, 5.41) is 4.17. The summed E-state index contributed by atoms with van der Waals surface area (Å²) >= 11 is 0. The minimum absolute atomic E-state index is 0.307. The number of halogens is 1. The molecule has 6 heteroatoms. The number of carbonyl (C=O) groups is 1. The van der Waals surface area contributed by atoms with Gasteiger partial charge < -0.3 is 4.74 Å². The lowest BCUT2D eigenvalue weighted by Gasteiger charge is -2.03. The van der Waals surface area contributed by atoms with Gasteiger partial charge in [-0.2, -0.15) is 9.49 Å². The standard InChI is InChI=1S/C15H12FN3O2/c1-2-21-15(20)10-6-7-19-13(8-10)11(9-17-19)12-4-3-5-14(16)18-12/h3-9H,2H2,1H3. The number of carbonyl (C=O) groups excluding carboxylic acids is 1. The minimum Gasteiger partial charge on any atom is -0.462 e. The minimum atomic E-state index is -0.562. The average Bonchev–Trinajstić information content (AvgIpc) is 2.90. The van der Waals surface area contributed by atoms with Crippen LogP contribution in [0.25, 0.3) is 16.8 Å². The zero-order chi connectivity index (χ0) is 14.8. The highest BCUT2D eigenvalue weighted by atomic mass is 19.1. The Morgan fingerprint density at radius 1 is 1.38 bits per heavy atom. The quantitative estimate of drug-likeness (QED) is 0.548. The first-order chi connectivity index (χ1) is 10.2. The van der Waals surface area contributed by atoms with Crippen LogP contribution in [0.1, 0.15) is 17.3 Å². The molecular formula is C15H12FN3O2. The number of pyridine rings is 2. The summed E-state index contributed by atoms with van der Waals surface area (Å²) in [4.78, 5) is 15.6. The predicted molar refractivity (Wildman–Crippen MR) is 74.3 cm³/mol. The second-order valence-electron chi connectivity index (χ2n) is 4.37. The lowest BCUT2D eigenvalue weighted by atomic mass is 10.1. The molecule has 0 unspecified atom stereocenters. The third-order valence-electron chi connectivity index (χ3n) is 3.02. The van der Waals surface area contributed by atoms with Gasteiger partial charge in [-0.1, -0.05) is 6.07 Å². The van der Waals surface area contributed by atoms with Gasteiger partial charge in [0.2, 0.25) is 5.95 Å². The Hall–Kier alpha value is -2.76. The van der Waals surface area contributed by atoms with Gasteiger partial charge in [-0.15, -0.1) is 0 Å². The van der Waals surface area contributed by atoms with Gasteiger partial charge >= 0.3 is 5.97 Å². The number of hydrogen-bond acceptors (Lipinski definition) is 4. The van der Waals surface area contributed by atoms with E-state index in [0.29, 0.717) is 28.9 Å². The number of ether oxygens (including phenoxy) is 1. The summed E-state index contributed by atoms with van der Waals surface area (Å²) in [5.74, 6) is -0.965. The molecule has 0 aliphatic rings. The summed E-state index contributed by atoms with van der Waals surface area (Å²) in [6, 6.07) is 7.83. The van der Waals surface area contributed by atoms with E-state index in [1.54, 1.807) is 48.1 Å². The fourth-order valence-corrected chi connectivity index (χ4v) is 2.08. The number of rotatable bonds is 3.